The number of H-pyrrole nitrogens is 1. The number of fused-ring (bicyclic) bond motifs is 2. The van der Waals surface area contributed by atoms with Gasteiger partial charge in [-0.2, -0.15) is 4.98 Å². The number of rotatable bonds is 4. The second-order valence-corrected chi connectivity index (χ2v) is 9.15. The molecule has 0 aliphatic carbocycles. The fourth-order valence-electron chi connectivity index (χ4n) is 4.96. The number of aryl methyl sites for hydroxylation is 1. The van der Waals surface area contributed by atoms with Gasteiger partial charge in [-0.05, 0) is 42.7 Å². The average Bonchev–Trinajstić information content (AvgIpc) is 3.56. The molecule has 2 aliphatic heterocycles. The minimum Gasteiger partial charge on any atom is -0.341 e. The summed E-state index contributed by atoms with van der Waals surface area (Å²) in [7, 11) is 1.71. The van der Waals surface area contributed by atoms with Crippen LogP contribution in [0.4, 0.5) is 0 Å². The van der Waals surface area contributed by atoms with Gasteiger partial charge in [0.15, 0.2) is 0 Å². The number of carbonyl (C=O) groups is 2. The summed E-state index contributed by atoms with van der Waals surface area (Å²) >= 11 is 0. The Hall–Kier alpha value is -4.21. The molecule has 2 amide bonds. The van der Waals surface area contributed by atoms with E-state index in [1.54, 1.807) is 16.5 Å². The van der Waals surface area contributed by atoms with E-state index in [2.05, 4.69) is 15.1 Å². The van der Waals surface area contributed by atoms with Crippen LogP contribution >= 0.6 is 0 Å². The van der Waals surface area contributed by atoms with E-state index in [0.29, 0.717) is 49.8 Å². The molecule has 0 bridgehead atoms. The van der Waals surface area contributed by atoms with Gasteiger partial charge in [-0.3, -0.25) is 14.2 Å². The third kappa shape index (κ3) is 3.71. The van der Waals surface area contributed by atoms with Gasteiger partial charge in [-0.15, -0.1) is 0 Å². The Kier molecular flexibility index (Phi) is 5.01. The van der Waals surface area contributed by atoms with Gasteiger partial charge in [0.1, 0.15) is 6.54 Å². The highest BCUT2D eigenvalue weighted by molar-refractivity contribution is 6.00. The molecular formula is C25H24N6O4. The molecule has 4 aromatic rings. The first-order valence-corrected chi connectivity index (χ1v) is 11.7. The Labute approximate surface area is 200 Å². The van der Waals surface area contributed by atoms with Gasteiger partial charge in [-0.1, -0.05) is 23.4 Å². The van der Waals surface area contributed by atoms with Gasteiger partial charge >= 0.3 is 5.69 Å². The number of amides is 2. The summed E-state index contributed by atoms with van der Waals surface area (Å²) in [5.74, 6) is 0.973. The summed E-state index contributed by atoms with van der Waals surface area (Å²) in [4.78, 5) is 48.1. The van der Waals surface area contributed by atoms with Crippen LogP contribution in [0.1, 0.15) is 40.6 Å². The lowest BCUT2D eigenvalue weighted by Crippen LogP contribution is -2.44. The largest absolute Gasteiger partial charge is 0.341 e. The quantitative estimate of drug-likeness (QED) is 0.487. The highest BCUT2D eigenvalue weighted by Crippen LogP contribution is 2.30. The number of aromatic nitrogens is 4. The van der Waals surface area contributed by atoms with E-state index >= 15 is 0 Å². The number of aromatic amines is 1. The Morgan fingerprint density at radius 3 is 2.74 bits per heavy atom. The third-order valence-electron chi connectivity index (χ3n) is 7.02. The number of nitrogens with zero attached hydrogens (tertiary/aromatic N) is 5. The van der Waals surface area contributed by atoms with Crippen LogP contribution in [0.15, 0.2) is 51.8 Å². The monoisotopic (exact) mass is 472 g/mol. The lowest BCUT2D eigenvalue weighted by molar-refractivity contribution is -0.133. The molecule has 4 heterocycles. The van der Waals surface area contributed by atoms with Crippen LogP contribution in [-0.2, 0) is 18.4 Å². The number of likely N-dealkylation sites (tertiary alicyclic amines) is 1. The van der Waals surface area contributed by atoms with Crippen LogP contribution in [0.5, 0.6) is 0 Å². The summed E-state index contributed by atoms with van der Waals surface area (Å²) in [6.45, 7) is 1.72. The molecule has 1 fully saturated rings. The van der Waals surface area contributed by atoms with E-state index in [4.69, 9.17) is 4.52 Å². The Bertz CT molecular complexity index is 1510. The average molecular weight is 473 g/mol. The molecule has 10 nitrogen and oxygen atoms in total. The first kappa shape index (κ1) is 21.3. The summed E-state index contributed by atoms with van der Waals surface area (Å²) in [5, 5.41) is 4.15. The second-order valence-electron chi connectivity index (χ2n) is 9.15. The first-order chi connectivity index (χ1) is 17.0. The molecule has 2 aromatic carbocycles. The number of benzene rings is 2. The van der Waals surface area contributed by atoms with Crippen molar-refractivity contribution in [1.29, 1.82) is 0 Å². The zero-order valence-electron chi connectivity index (χ0n) is 19.2. The SMILES string of the molecule is Cn1c(=O)[nH]c2ccc(-c3noc(C4CCN(C(=O)CN5Cc6ccccc6C5=O)CC4)n3)cc21. The van der Waals surface area contributed by atoms with Gasteiger partial charge in [0, 0.05) is 43.7 Å². The highest BCUT2D eigenvalue weighted by Gasteiger charge is 2.32. The van der Waals surface area contributed by atoms with Crippen molar-refractivity contribution >= 4 is 22.8 Å². The van der Waals surface area contributed by atoms with Gasteiger partial charge in [-0.25, -0.2) is 4.79 Å². The minimum atomic E-state index is -0.175. The molecule has 1 saturated heterocycles. The maximum atomic E-state index is 12.9. The molecule has 0 spiro atoms. The van der Waals surface area contributed by atoms with Gasteiger partial charge in [0.05, 0.1) is 11.0 Å². The highest BCUT2D eigenvalue weighted by atomic mass is 16.5. The van der Waals surface area contributed by atoms with Gasteiger partial charge < -0.3 is 19.3 Å². The zero-order valence-corrected chi connectivity index (χ0v) is 19.2. The number of imidazole rings is 1. The molecule has 0 unspecified atom stereocenters. The number of piperidine rings is 1. The van der Waals surface area contributed by atoms with Crippen molar-refractivity contribution in [3.8, 4) is 11.4 Å². The Morgan fingerprint density at radius 1 is 1.14 bits per heavy atom. The zero-order chi connectivity index (χ0) is 24.1. The topological polar surface area (TPSA) is 117 Å². The maximum Gasteiger partial charge on any atom is 0.326 e. The van der Waals surface area contributed by atoms with Crippen molar-refractivity contribution in [3.63, 3.8) is 0 Å². The predicted molar refractivity (Wildman–Crippen MR) is 127 cm³/mol. The van der Waals surface area contributed by atoms with E-state index in [0.717, 1.165) is 22.2 Å². The number of hydrogen-bond donors (Lipinski definition) is 1. The van der Waals surface area contributed by atoms with E-state index in [9.17, 15) is 14.4 Å². The summed E-state index contributed by atoms with van der Waals surface area (Å²) in [5.41, 5.74) is 3.77. The number of carbonyl (C=O) groups excluding carboxylic acids is 2. The van der Waals surface area contributed by atoms with E-state index in [1.165, 1.54) is 0 Å². The minimum absolute atomic E-state index is 0.0405. The van der Waals surface area contributed by atoms with E-state index in [-0.39, 0.29) is 30.0 Å². The van der Waals surface area contributed by atoms with Crippen molar-refractivity contribution < 1.29 is 14.1 Å². The molecule has 2 aliphatic rings. The van der Waals surface area contributed by atoms with E-state index in [1.807, 2.05) is 47.4 Å². The van der Waals surface area contributed by atoms with Gasteiger partial charge in [0.2, 0.25) is 17.6 Å². The normalized spacial score (nSPS) is 16.3. The van der Waals surface area contributed by atoms with Crippen LogP contribution in [0.25, 0.3) is 22.4 Å². The lowest BCUT2D eigenvalue weighted by Gasteiger charge is -2.31. The standard InChI is InChI=1S/C25H24N6O4/c1-29-20-12-16(6-7-19(20)26-25(29)34)22-27-23(35-28-22)15-8-10-30(11-9-15)21(32)14-31-13-17-4-2-3-5-18(17)24(31)33/h2-7,12,15H,8-11,13-14H2,1H3,(H,26,34). The van der Waals surface area contributed by atoms with Crippen molar-refractivity contribution in [2.75, 3.05) is 19.6 Å². The van der Waals surface area contributed by atoms with Crippen molar-refractivity contribution in [2.24, 2.45) is 7.05 Å². The van der Waals surface area contributed by atoms with Crippen LogP contribution in [0.3, 0.4) is 0 Å². The molecular weight excluding hydrogens is 448 g/mol. The molecule has 35 heavy (non-hydrogen) atoms. The van der Waals surface area contributed by atoms with E-state index < -0.39 is 0 Å². The molecule has 178 valence electrons. The van der Waals surface area contributed by atoms with Crippen LogP contribution in [-0.4, -0.2) is 60.9 Å². The molecule has 0 atom stereocenters. The fraction of sp³-hybridized carbons (Fsp3) is 0.320. The lowest BCUT2D eigenvalue weighted by atomic mass is 9.96. The Balaban J connectivity index is 1.09. The molecule has 1 N–H and O–H groups in total. The van der Waals surface area contributed by atoms with Crippen LogP contribution < -0.4 is 5.69 Å². The number of nitrogens with one attached hydrogen (secondary N) is 1. The third-order valence-corrected chi connectivity index (χ3v) is 7.02. The second kappa shape index (κ2) is 8.23. The van der Waals surface area contributed by atoms with Crippen molar-refractivity contribution in [1.82, 2.24) is 29.5 Å². The molecule has 0 saturated carbocycles. The first-order valence-electron chi connectivity index (χ1n) is 11.7. The van der Waals surface area contributed by atoms with Crippen molar-refractivity contribution in [2.45, 2.75) is 25.3 Å². The molecule has 2 aromatic heterocycles. The summed E-state index contributed by atoms with van der Waals surface area (Å²) in [6.07, 6.45) is 1.43. The molecule has 6 rings (SSSR count). The fourth-order valence-corrected chi connectivity index (χ4v) is 4.96. The van der Waals surface area contributed by atoms with Crippen molar-refractivity contribution in [3.05, 3.63) is 70.0 Å². The summed E-state index contributed by atoms with van der Waals surface area (Å²) < 4.78 is 7.11. The molecule has 0 radical (unpaired) electrons. The molecule has 10 heteroatoms. The smallest absolute Gasteiger partial charge is 0.326 e. The predicted octanol–water partition coefficient (Wildman–Crippen LogP) is 2.28. The van der Waals surface area contributed by atoms with Crippen LogP contribution in [0.2, 0.25) is 0 Å². The Morgan fingerprint density at radius 2 is 1.94 bits per heavy atom. The van der Waals surface area contributed by atoms with Gasteiger partial charge in [0.25, 0.3) is 5.91 Å². The van der Waals surface area contributed by atoms with Crippen LogP contribution in [0, 0.1) is 0 Å². The summed E-state index contributed by atoms with van der Waals surface area (Å²) in [6, 6.07) is 13.0. The maximum absolute atomic E-state index is 12.9. The number of hydrogen-bond acceptors (Lipinski definition) is 6.